The zero-order valence-electron chi connectivity index (χ0n) is 7.14. The topological polar surface area (TPSA) is 43.1 Å². The molecule has 0 saturated heterocycles. The van der Waals surface area contributed by atoms with E-state index in [4.69, 9.17) is 5.73 Å². The van der Waals surface area contributed by atoms with Crippen LogP contribution in [0, 0.1) is 0 Å². The second-order valence-corrected chi connectivity index (χ2v) is 3.68. The van der Waals surface area contributed by atoms with Crippen molar-refractivity contribution in [1.82, 2.24) is 0 Å². The summed E-state index contributed by atoms with van der Waals surface area (Å²) < 4.78 is 0. The summed E-state index contributed by atoms with van der Waals surface area (Å²) in [7, 11) is 0. The molecule has 0 saturated carbocycles. The van der Waals surface area contributed by atoms with Gasteiger partial charge in [-0.05, 0) is 12.2 Å². The monoisotopic (exact) mass is 175 g/mol. The molecular weight excluding hydrogens is 158 g/mol. The summed E-state index contributed by atoms with van der Waals surface area (Å²) in [5.41, 5.74) is 4.97. The van der Waals surface area contributed by atoms with Crippen LogP contribution in [-0.2, 0) is 4.79 Å². The van der Waals surface area contributed by atoms with Gasteiger partial charge in [0.2, 0.25) is 5.91 Å². The van der Waals surface area contributed by atoms with Gasteiger partial charge in [0.15, 0.2) is 0 Å². The molecule has 2 nitrogen and oxygen atoms in total. The maximum Gasteiger partial charge on any atom is 0.227 e. The lowest BCUT2D eigenvalue weighted by atomic mass is 10.2. The summed E-state index contributed by atoms with van der Waals surface area (Å²) in [6.45, 7) is 2.19. The Balaban J connectivity index is 2.85. The zero-order chi connectivity index (χ0) is 8.53. The second-order valence-electron chi connectivity index (χ2n) is 2.58. The Bertz CT molecular complexity index is 106. The molecule has 0 aromatic rings. The van der Waals surface area contributed by atoms with E-state index in [0.29, 0.717) is 5.75 Å². The van der Waals surface area contributed by atoms with Crippen molar-refractivity contribution in [1.29, 1.82) is 0 Å². The van der Waals surface area contributed by atoms with Crippen LogP contribution in [0.4, 0.5) is 0 Å². The van der Waals surface area contributed by atoms with E-state index >= 15 is 0 Å². The molecule has 0 radical (unpaired) electrons. The van der Waals surface area contributed by atoms with Crippen molar-refractivity contribution in [2.75, 3.05) is 11.5 Å². The van der Waals surface area contributed by atoms with E-state index in [2.05, 4.69) is 6.92 Å². The van der Waals surface area contributed by atoms with E-state index in [1.807, 2.05) is 0 Å². The smallest absolute Gasteiger partial charge is 0.227 e. The van der Waals surface area contributed by atoms with Crippen molar-refractivity contribution >= 4 is 17.7 Å². The highest BCUT2D eigenvalue weighted by atomic mass is 32.2. The number of rotatable bonds is 7. The summed E-state index contributed by atoms with van der Waals surface area (Å²) in [4.78, 5) is 10.3. The molecule has 0 unspecified atom stereocenters. The van der Waals surface area contributed by atoms with Crippen LogP contribution < -0.4 is 5.73 Å². The molecule has 0 aliphatic rings. The predicted molar refractivity (Wildman–Crippen MR) is 50.7 cm³/mol. The van der Waals surface area contributed by atoms with E-state index < -0.39 is 0 Å². The molecule has 66 valence electrons. The lowest BCUT2D eigenvalue weighted by Gasteiger charge is -1.97. The SMILES string of the molecule is CCCCCCSCC(N)=O. The van der Waals surface area contributed by atoms with Gasteiger partial charge in [0.05, 0.1) is 5.75 Å². The van der Waals surface area contributed by atoms with Gasteiger partial charge >= 0.3 is 0 Å². The third-order valence-corrected chi connectivity index (χ3v) is 2.45. The highest BCUT2D eigenvalue weighted by molar-refractivity contribution is 7.99. The summed E-state index contributed by atoms with van der Waals surface area (Å²) in [6.07, 6.45) is 5.06. The highest BCUT2D eigenvalue weighted by Crippen LogP contribution is 2.06. The van der Waals surface area contributed by atoms with Crippen LogP contribution in [0.3, 0.4) is 0 Å². The predicted octanol–water partition coefficient (Wildman–Crippen LogP) is 1.79. The molecule has 0 aliphatic carbocycles. The molecule has 0 rings (SSSR count). The first-order valence-electron chi connectivity index (χ1n) is 4.13. The van der Waals surface area contributed by atoms with Crippen LogP contribution in [-0.4, -0.2) is 17.4 Å². The average molecular weight is 175 g/mol. The first-order valence-corrected chi connectivity index (χ1v) is 5.29. The average Bonchev–Trinajstić information content (AvgIpc) is 1.96. The first-order chi connectivity index (χ1) is 5.27. The summed E-state index contributed by atoms with van der Waals surface area (Å²) in [6, 6.07) is 0. The standard InChI is InChI=1S/C8H17NOS/c1-2-3-4-5-6-11-7-8(9)10/h2-7H2,1H3,(H2,9,10). The van der Waals surface area contributed by atoms with Crippen LogP contribution in [0.5, 0.6) is 0 Å². The van der Waals surface area contributed by atoms with E-state index in [1.165, 1.54) is 25.7 Å². The molecule has 0 atom stereocenters. The largest absolute Gasteiger partial charge is 0.369 e. The molecule has 0 aromatic carbocycles. The van der Waals surface area contributed by atoms with Gasteiger partial charge in [-0.2, -0.15) is 11.8 Å². The minimum Gasteiger partial charge on any atom is -0.369 e. The Morgan fingerprint density at radius 3 is 2.64 bits per heavy atom. The Kier molecular flexibility index (Phi) is 7.79. The van der Waals surface area contributed by atoms with Crippen LogP contribution in [0.2, 0.25) is 0 Å². The van der Waals surface area contributed by atoms with Crippen molar-refractivity contribution < 1.29 is 4.79 Å². The number of hydrogen-bond donors (Lipinski definition) is 1. The lowest BCUT2D eigenvalue weighted by molar-refractivity contribution is -0.115. The lowest BCUT2D eigenvalue weighted by Crippen LogP contribution is -2.13. The van der Waals surface area contributed by atoms with Crippen LogP contribution in [0.1, 0.15) is 32.6 Å². The number of amides is 1. The van der Waals surface area contributed by atoms with Gasteiger partial charge in [0.25, 0.3) is 0 Å². The maximum atomic E-state index is 10.3. The third-order valence-electron chi connectivity index (χ3n) is 1.39. The van der Waals surface area contributed by atoms with Crippen molar-refractivity contribution in [2.24, 2.45) is 5.73 Å². The molecule has 0 aliphatic heterocycles. The van der Waals surface area contributed by atoms with Crippen molar-refractivity contribution in [3.8, 4) is 0 Å². The number of carbonyl (C=O) groups excluding carboxylic acids is 1. The van der Waals surface area contributed by atoms with E-state index in [0.717, 1.165) is 5.75 Å². The van der Waals surface area contributed by atoms with Gasteiger partial charge in [0.1, 0.15) is 0 Å². The van der Waals surface area contributed by atoms with Crippen LogP contribution >= 0.6 is 11.8 Å². The van der Waals surface area contributed by atoms with E-state index in [-0.39, 0.29) is 5.91 Å². The van der Waals surface area contributed by atoms with Gasteiger partial charge in [-0.1, -0.05) is 26.2 Å². The fraction of sp³-hybridized carbons (Fsp3) is 0.875. The molecule has 0 bridgehead atoms. The zero-order valence-corrected chi connectivity index (χ0v) is 7.95. The number of primary amides is 1. The third kappa shape index (κ3) is 9.82. The Labute approximate surface area is 72.9 Å². The molecule has 0 fully saturated rings. The van der Waals surface area contributed by atoms with Crippen molar-refractivity contribution in [3.63, 3.8) is 0 Å². The molecule has 11 heavy (non-hydrogen) atoms. The van der Waals surface area contributed by atoms with E-state index in [9.17, 15) is 4.79 Å². The van der Waals surface area contributed by atoms with Gasteiger partial charge in [-0.3, -0.25) is 4.79 Å². The first kappa shape index (κ1) is 10.8. The van der Waals surface area contributed by atoms with Gasteiger partial charge in [-0.15, -0.1) is 0 Å². The molecule has 0 heterocycles. The van der Waals surface area contributed by atoms with Gasteiger partial charge in [0, 0.05) is 0 Å². The Morgan fingerprint density at radius 1 is 1.36 bits per heavy atom. The number of hydrogen-bond acceptors (Lipinski definition) is 2. The minimum absolute atomic E-state index is 0.203. The Hall–Kier alpha value is -0.180. The molecule has 0 aromatic heterocycles. The molecule has 1 amide bonds. The Morgan fingerprint density at radius 2 is 2.09 bits per heavy atom. The fourth-order valence-electron chi connectivity index (χ4n) is 0.804. The summed E-state index contributed by atoms with van der Waals surface area (Å²) in [5.74, 6) is 1.35. The molecular formula is C8H17NOS. The second kappa shape index (κ2) is 7.92. The maximum absolute atomic E-state index is 10.3. The number of thioether (sulfide) groups is 1. The quantitative estimate of drug-likeness (QED) is 0.599. The van der Waals surface area contributed by atoms with Crippen molar-refractivity contribution in [3.05, 3.63) is 0 Å². The molecule has 0 spiro atoms. The van der Waals surface area contributed by atoms with Crippen molar-refractivity contribution in [2.45, 2.75) is 32.6 Å². The van der Waals surface area contributed by atoms with E-state index in [1.54, 1.807) is 11.8 Å². The molecule has 2 N–H and O–H groups in total. The van der Waals surface area contributed by atoms with Gasteiger partial charge < -0.3 is 5.73 Å². The summed E-state index contributed by atoms with van der Waals surface area (Å²) >= 11 is 1.64. The van der Waals surface area contributed by atoms with Gasteiger partial charge in [-0.25, -0.2) is 0 Å². The minimum atomic E-state index is -0.203. The number of nitrogens with two attached hydrogens (primary N) is 1. The normalized spacial score (nSPS) is 9.91. The fourth-order valence-corrected chi connectivity index (χ4v) is 1.56. The number of carbonyl (C=O) groups is 1. The van der Waals surface area contributed by atoms with Crippen LogP contribution in [0.25, 0.3) is 0 Å². The van der Waals surface area contributed by atoms with Crippen LogP contribution in [0.15, 0.2) is 0 Å². The number of unbranched alkanes of at least 4 members (excludes halogenated alkanes) is 3. The highest BCUT2D eigenvalue weighted by Gasteiger charge is 1.93. The molecule has 3 heteroatoms. The summed E-state index contributed by atoms with van der Waals surface area (Å²) in [5, 5.41) is 0.